The molecule has 1 aliphatic rings. The van der Waals surface area contributed by atoms with Crippen molar-refractivity contribution in [3.63, 3.8) is 0 Å². The summed E-state index contributed by atoms with van der Waals surface area (Å²) in [5, 5.41) is 4.29. The molecule has 1 unspecified atom stereocenters. The molecule has 1 saturated heterocycles. The molecule has 0 spiro atoms. The molecule has 19 heavy (non-hydrogen) atoms. The molecule has 2 rings (SSSR count). The van der Waals surface area contributed by atoms with Crippen LogP contribution in [0.4, 0.5) is 0 Å². The van der Waals surface area contributed by atoms with Crippen LogP contribution in [-0.2, 0) is 6.54 Å². The Morgan fingerprint density at radius 3 is 3.05 bits per heavy atom. The summed E-state index contributed by atoms with van der Waals surface area (Å²) in [6, 6.07) is 6.43. The van der Waals surface area contributed by atoms with E-state index in [9.17, 15) is 0 Å². The number of nitrogens with one attached hydrogen (secondary N) is 1. The third kappa shape index (κ3) is 3.85. The fourth-order valence-corrected chi connectivity index (χ4v) is 3.00. The van der Waals surface area contributed by atoms with Gasteiger partial charge in [-0.3, -0.25) is 4.90 Å². The van der Waals surface area contributed by atoms with Gasteiger partial charge in [-0.25, -0.2) is 0 Å². The third-order valence-corrected chi connectivity index (χ3v) is 4.08. The van der Waals surface area contributed by atoms with Gasteiger partial charge in [-0.05, 0) is 44.1 Å². The van der Waals surface area contributed by atoms with E-state index < -0.39 is 0 Å². The van der Waals surface area contributed by atoms with Gasteiger partial charge in [0, 0.05) is 29.7 Å². The summed E-state index contributed by atoms with van der Waals surface area (Å²) in [4.78, 5) is 2.54. The summed E-state index contributed by atoms with van der Waals surface area (Å²) >= 11 is 6.03. The molecular weight excluding hydrogens is 260 g/mol. The lowest BCUT2D eigenvalue weighted by atomic mass is 10.2. The van der Waals surface area contributed by atoms with Crippen LogP contribution in [0.5, 0.6) is 5.75 Å². The normalized spacial score (nSPS) is 19.8. The van der Waals surface area contributed by atoms with Crippen molar-refractivity contribution in [2.75, 3.05) is 26.7 Å². The number of likely N-dealkylation sites (tertiary alicyclic amines) is 1. The molecule has 1 aromatic carbocycles. The summed E-state index contributed by atoms with van der Waals surface area (Å²) < 4.78 is 5.36. The van der Waals surface area contributed by atoms with E-state index in [1.165, 1.54) is 19.4 Å². The molecule has 3 nitrogen and oxygen atoms in total. The van der Waals surface area contributed by atoms with Crippen molar-refractivity contribution in [3.8, 4) is 5.75 Å². The number of nitrogens with zero attached hydrogens (tertiary/aromatic N) is 1. The van der Waals surface area contributed by atoms with Gasteiger partial charge in [0.2, 0.25) is 0 Å². The average molecular weight is 283 g/mol. The zero-order valence-electron chi connectivity index (χ0n) is 11.8. The van der Waals surface area contributed by atoms with Crippen molar-refractivity contribution in [2.24, 2.45) is 0 Å². The Kier molecular flexibility index (Phi) is 5.49. The Hall–Kier alpha value is -0.770. The SMILES string of the molecule is CCN1CCCC1CNCc1cc(Cl)ccc1OC. The minimum atomic E-state index is 0.676. The van der Waals surface area contributed by atoms with E-state index in [0.29, 0.717) is 6.04 Å². The second-order valence-corrected chi connectivity index (χ2v) is 5.45. The lowest BCUT2D eigenvalue weighted by Gasteiger charge is -2.23. The summed E-state index contributed by atoms with van der Waals surface area (Å²) in [7, 11) is 1.70. The maximum absolute atomic E-state index is 6.03. The predicted molar refractivity (Wildman–Crippen MR) is 80.0 cm³/mol. The van der Waals surface area contributed by atoms with Crippen LogP contribution in [0.1, 0.15) is 25.3 Å². The first-order chi connectivity index (χ1) is 9.24. The second-order valence-electron chi connectivity index (χ2n) is 5.01. The number of ether oxygens (including phenoxy) is 1. The highest BCUT2D eigenvalue weighted by atomic mass is 35.5. The molecule has 0 radical (unpaired) electrons. The molecule has 0 aromatic heterocycles. The average Bonchev–Trinajstić information content (AvgIpc) is 2.86. The van der Waals surface area contributed by atoms with Crippen LogP contribution >= 0.6 is 11.6 Å². The van der Waals surface area contributed by atoms with Crippen LogP contribution in [0.25, 0.3) is 0 Å². The van der Waals surface area contributed by atoms with Crippen LogP contribution in [0, 0.1) is 0 Å². The van der Waals surface area contributed by atoms with E-state index in [2.05, 4.69) is 17.1 Å². The fraction of sp³-hybridized carbons (Fsp3) is 0.600. The molecule has 0 bridgehead atoms. The summed E-state index contributed by atoms with van der Waals surface area (Å²) in [6.45, 7) is 6.45. The topological polar surface area (TPSA) is 24.5 Å². The quantitative estimate of drug-likeness (QED) is 0.868. The Balaban J connectivity index is 1.87. The van der Waals surface area contributed by atoms with Gasteiger partial charge < -0.3 is 10.1 Å². The van der Waals surface area contributed by atoms with Crippen LogP contribution in [0.3, 0.4) is 0 Å². The number of methoxy groups -OCH3 is 1. The fourth-order valence-electron chi connectivity index (χ4n) is 2.80. The lowest BCUT2D eigenvalue weighted by Crippen LogP contribution is -2.37. The standard InChI is InChI=1S/C15H23ClN2O/c1-3-18-8-4-5-14(18)11-17-10-12-9-13(16)6-7-15(12)19-2/h6-7,9,14,17H,3-5,8,10-11H2,1-2H3. The maximum atomic E-state index is 6.03. The lowest BCUT2D eigenvalue weighted by molar-refractivity contribution is 0.259. The first-order valence-electron chi connectivity index (χ1n) is 7.01. The number of benzene rings is 1. The molecular formula is C15H23ClN2O. The molecule has 0 saturated carbocycles. The number of hydrogen-bond acceptors (Lipinski definition) is 3. The van der Waals surface area contributed by atoms with Crippen molar-refractivity contribution < 1.29 is 4.74 Å². The first-order valence-corrected chi connectivity index (χ1v) is 7.39. The third-order valence-electron chi connectivity index (χ3n) is 3.84. The van der Waals surface area contributed by atoms with Gasteiger partial charge in [-0.1, -0.05) is 18.5 Å². The Bertz CT molecular complexity index is 411. The molecule has 0 amide bonds. The van der Waals surface area contributed by atoms with Crippen molar-refractivity contribution in [2.45, 2.75) is 32.4 Å². The van der Waals surface area contributed by atoms with E-state index >= 15 is 0 Å². The highest BCUT2D eigenvalue weighted by molar-refractivity contribution is 6.30. The Labute approximate surface area is 120 Å². The van der Waals surface area contributed by atoms with Crippen molar-refractivity contribution in [1.29, 1.82) is 0 Å². The van der Waals surface area contributed by atoms with E-state index in [0.717, 1.165) is 36.0 Å². The van der Waals surface area contributed by atoms with Gasteiger partial charge in [0.1, 0.15) is 5.75 Å². The Morgan fingerprint density at radius 2 is 2.32 bits per heavy atom. The van der Waals surface area contributed by atoms with Crippen molar-refractivity contribution in [1.82, 2.24) is 10.2 Å². The number of hydrogen-bond donors (Lipinski definition) is 1. The van der Waals surface area contributed by atoms with Gasteiger partial charge in [-0.2, -0.15) is 0 Å². The summed E-state index contributed by atoms with van der Waals surface area (Å²) in [5.74, 6) is 0.899. The van der Waals surface area contributed by atoms with E-state index in [4.69, 9.17) is 16.3 Å². The van der Waals surface area contributed by atoms with Gasteiger partial charge >= 0.3 is 0 Å². The number of rotatable bonds is 6. The molecule has 4 heteroatoms. The van der Waals surface area contributed by atoms with Crippen molar-refractivity contribution in [3.05, 3.63) is 28.8 Å². The van der Waals surface area contributed by atoms with Crippen LogP contribution in [0.2, 0.25) is 5.02 Å². The zero-order valence-corrected chi connectivity index (χ0v) is 12.5. The predicted octanol–water partition coefficient (Wildman–Crippen LogP) is 2.92. The molecule has 1 heterocycles. The molecule has 1 N–H and O–H groups in total. The maximum Gasteiger partial charge on any atom is 0.123 e. The number of likely N-dealkylation sites (N-methyl/N-ethyl adjacent to an activating group) is 1. The molecule has 1 aliphatic heterocycles. The minimum Gasteiger partial charge on any atom is -0.496 e. The van der Waals surface area contributed by atoms with Crippen LogP contribution in [-0.4, -0.2) is 37.7 Å². The molecule has 106 valence electrons. The molecule has 0 aliphatic carbocycles. The van der Waals surface area contributed by atoms with Gasteiger partial charge in [0.15, 0.2) is 0 Å². The van der Waals surface area contributed by atoms with E-state index in [-0.39, 0.29) is 0 Å². The van der Waals surface area contributed by atoms with Crippen LogP contribution < -0.4 is 10.1 Å². The van der Waals surface area contributed by atoms with E-state index in [1.54, 1.807) is 7.11 Å². The molecule has 1 atom stereocenters. The molecule has 1 fully saturated rings. The highest BCUT2D eigenvalue weighted by Gasteiger charge is 2.22. The highest BCUT2D eigenvalue weighted by Crippen LogP contribution is 2.22. The number of halogens is 1. The Morgan fingerprint density at radius 1 is 1.47 bits per heavy atom. The van der Waals surface area contributed by atoms with Gasteiger partial charge in [0.25, 0.3) is 0 Å². The largest absolute Gasteiger partial charge is 0.496 e. The van der Waals surface area contributed by atoms with Gasteiger partial charge in [-0.15, -0.1) is 0 Å². The minimum absolute atomic E-state index is 0.676. The molecule has 1 aromatic rings. The zero-order chi connectivity index (χ0) is 13.7. The monoisotopic (exact) mass is 282 g/mol. The van der Waals surface area contributed by atoms with E-state index in [1.807, 2.05) is 18.2 Å². The summed E-state index contributed by atoms with van der Waals surface area (Å²) in [6.07, 6.45) is 2.62. The van der Waals surface area contributed by atoms with Crippen LogP contribution in [0.15, 0.2) is 18.2 Å². The van der Waals surface area contributed by atoms with Gasteiger partial charge in [0.05, 0.1) is 7.11 Å². The van der Waals surface area contributed by atoms with Crippen molar-refractivity contribution >= 4 is 11.6 Å². The summed E-state index contributed by atoms with van der Waals surface area (Å²) in [5.41, 5.74) is 1.12. The second kappa shape index (κ2) is 7.13. The first kappa shape index (κ1) is 14.6. The smallest absolute Gasteiger partial charge is 0.123 e.